The minimum Gasteiger partial charge on any atom is -0.424 e. The second-order valence-corrected chi connectivity index (χ2v) is 5.68. The van der Waals surface area contributed by atoms with E-state index in [1.807, 2.05) is 24.4 Å². The first kappa shape index (κ1) is 14.8. The molecule has 0 spiro atoms. The van der Waals surface area contributed by atoms with Gasteiger partial charge in [0.25, 0.3) is 0 Å². The first-order valence-corrected chi connectivity index (χ1v) is 7.88. The molecule has 4 rings (SSSR count). The summed E-state index contributed by atoms with van der Waals surface area (Å²) in [5.74, 6) is 2.88. The van der Waals surface area contributed by atoms with Crippen molar-refractivity contribution in [3.8, 4) is 5.82 Å². The summed E-state index contributed by atoms with van der Waals surface area (Å²) in [7, 11) is 0. The van der Waals surface area contributed by atoms with E-state index in [4.69, 9.17) is 4.42 Å². The summed E-state index contributed by atoms with van der Waals surface area (Å²) in [6.45, 7) is 6.12. The van der Waals surface area contributed by atoms with Crippen LogP contribution in [0.3, 0.4) is 0 Å². The van der Waals surface area contributed by atoms with Crippen LogP contribution in [0.25, 0.3) is 5.82 Å². The van der Waals surface area contributed by atoms with E-state index in [0.29, 0.717) is 24.1 Å². The maximum absolute atomic E-state index is 5.44. The smallest absolute Gasteiger partial charge is 0.230 e. The van der Waals surface area contributed by atoms with Gasteiger partial charge in [-0.05, 0) is 18.2 Å². The van der Waals surface area contributed by atoms with Gasteiger partial charge < -0.3 is 9.32 Å². The highest BCUT2D eigenvalue weighted by Gasteiger charge is 2.20. The van der Waals surface area contributed by atoms with Crippen LogP contribution in [0, 0.1) is 6.92 Å². The molecule has 0 amide bonds. The van der Waals surface area contributed by atoms with Gasteiger partial charge in [-0.15, -0.1) is 20.4 Å². The third-order valence-corrected chi connectivity index (χ3v) is 4.00. The van der Waals surface area contributed by atoms with Gasteiger partial charge in [0.15, 0.2) is 11.6 Å². The third-order valence-electron chi connectivity index (χ3n) is 4.00. The number of anilines is 1. The van der Waals surface area contributed by atoms with E-state index >= 15 is 0 Å². The van der Waals surface area contributed by atoms with Crippen LogP contribution in [-0.2, 0) is 6.54 Å². The van der Waals surface area contributed by atoms with Gasteiger partial charge in [-0.2, -0.15) is 5.10 Å². The fraction of sp³-hybridized carbons (Fsp3) is 0.400. The zero-order chi connectivity index (χ0) is 16.4. The second kappa shape index (κ2) is 6.36. The monoisotopic (exact) mass is 326 g/mol. The zero-order valence-electron chi connectivity index (χ0n) is 13.4. The summed E-state index contributed by atoms with van der Waals surface area (Å²) < 4.78 is 7.13. The molecule has 3 aromatic heterocycles. The molecule has 0 aliphatic carbocycles. The average Bonchev–Trinajstić information content (AvgIpc) is 3.28. The van der Waals surface area contributed by atoms with Gasteiger partial charge in [-0.3, -0.25) is 4.90 Å². The van der Waals surface area contributed by atoms with Crippen molar-refractivity contribution in [3.63, 3.8) is 0 Å². The largest absolute Gasteiger partial charge is 0.424 e. The molecule has 0 bridgehead atoms. The number of aryl methyl sites for hydroxylation is 1. The van der Waals surface area contributed by atoms with Crippen LogP contribution in [-0.4, -0.2) is 61.3 Å². The van der Waals surface area contributed by atoms with Gasteiger partial charge >= 0.3 is 0 Å². The van der Waals surface area contributed by atoms with Crippen LogP contribution in [0.2, 0.25) is 0 Å². The highest BCUT2D eigenvalue weighted by atomic mass is 16.4. The van der Waals surface area contributed by atoms with Crippen molar-refractivity contribution in [2.24, 2.45) is 0 Å². The predicted molar refractivity (Wildman–Crippen MR) is 85.7 cm³/mol. The first-order chi connectivity index (χ1) is 11.8. The van der Waals surface area contributed by atoms with Crippen molar-refractivity contribution in [3.05, 3.63) is 42.4 Å². The molecule has 1 aliphatic rings. The number of hydrogen-bond acceptors (Lipinski definition) is 8. The lowest BCUT2D eigenvalue weighted by Crippen LogP contribution is -2.46. The van der Waals surface area contributed by atoms with Gasteiger partial charge in [0, 0.05) is 45.5 Å². The highest BCUT2D eigenvalue weighted by Crippen LogP contribution is 2.15. The maximum atomic E-state index is 5.44. The molecule has 0 unspecified atom stereocenters. The minimum atomic E-state index is 0.608. The van der Waals surface area contributed by atoms with E-state index in [1.54, 1.807) is 17.8 Å². The molecule has 0 atom stereocenters. The van der Waals surface area contributed by atoms with Gasteiger partial charge in [0.05, 0.1) is 6.54 Å². The lowest BCUT2D eigenvalue weighted by molar-refractivity contribution is 0.224. The lowest BCUT2D eigenvalue weighted by atomic mass is 10.3. The molecule has 9 nitrogen and oxygen atoms in total. The predicted octanol–water partition coefficient (Wildman–Crippen LogP) is 0.676. The van der Waals surface area contributed by atoms with Crippen molar-refractivity contribution >= 4 is 5.82 Å². The van der Waals surface area contributed by atoms with Crippen LogP contribution in [0.15, 0.2) is 35.0 Å². The van der Waals surface area contributed by atoms with Crippen molar-refractivity contribution in [2.45, 2.75) is 13.5 Å². The van der Waals surface area contributed by atoms with E-state index in [1.165, 1.54) is 0 Å². The Bertz CT molecular complexity index is 774. The minimum absolute atomic E-state index is 0.608. The molecule has 0 aromatic carbocycles. The molecule has 0 radical (unpaired) electrons. The fourth-order valence-electron chi connectivity index (χ4n) is 2.74. The molecular weight excluding hydrogens is 308 g/mol. The number of piperazine rings is 1. The Hall–Kier alpha value is -2.81. The van der Waals surface area contributed by atoms with Crippen LogP contribution in [0.1, 0.15) is 11.8 Å². The van der Waals surface area contributed by atoms with E-state index in [2.05, 4.69) is 35.3 Å². The molecule has 0 saturated carbocycles. The Kier molecular flexibility index (Phi) is 3.91. The number of nitrogens with zero attached hydrogens (tertiary/aromatic N) is 8. The molecule has 1 fully saturated rings. The normalized spacial score (nSPS) is 15.8. The SMILES string of the molecule is Cc1nnc(CN2CCN(c3ccc(-n4cccn4)nn3)CC2)o1. The Morgan fingerprint density at radius 2 is 1.79 bits per heavy atom. The van der Waals surface area contributed by atoms with Crippen molar-refractivity contribution in [2.75, 3.05) is 31.1 Å². The van der Waals surface area contributed by atoms with E-state index < -0.39 is 0 Å². The highest BCUT2D eigenvalue weighted by molar-refractivity contribution is 5.40. The molecule has 4 heterocycles. The van der Waals surface area contributed by atoms with Gasteiger partial charge in [-0.1, -0.05) is 0 Å². The molecule has 124 valence electrons. The Morgan fingerprint density at radius 3 is 2.42 bits per heavy atom. The van der Waals surface area contributed by atoms with E-state index in [-0.39, 0.29) is 0 Å². The van der Waals surface area contributed by atoms with Crippen molar-refractivity contribution in [1.82, 2.24) is 35.1 Å². The number of hydrogen-bond donors (Lipinski definition) is 0. The standard InChI is InChI=1S/C15H18N8O/c1-12-17-20-15(24-12)11-21-7-9-22(10-8-21)13-3-4-14(19-18-13)23-6-2-5-16-23/h2-6H,7-11H2,1H3. The maximum Gasteiger partial charge on any atom is 0.230 e. The molecule has 0 N–H and O–H groups in total. The molecular formula is C15H18N8O. The zero-order valence-corrected chi connectivity index (χ0v) is 13.4. The summed E-state index contributed by atoms with van der Waals surface area (Å²) in [5.41, 5.74) is 0. The fourth-order valence-corrected chi connectivity index (χ4v) is 2.74. The van der Waals surface area contributed by atoms with Crippen molar-refractivity contribution < 1.29 is 4.42 Å². The summed E-state index contributed by atoms with van der Waals surface area (Å²) in [6, 6.07) is 5.78. The third kappa shape index (κ3) is 3.11. The molecule has 3 aromatic rings. The Labute approximate surface area is 138 Å². The topological polar surface area (TPSA) is 89.0 Å². The molecule has 9 heteroatoms. The Morgan fingerprint density at radius 1 is 1.00 bits per heavy atom. The second-order valence-electron chi connectivity index (χ2n) is 5.68. The van der Waals surface area contributed by atoms with Crippen LogP contribution in [0.4, 0.5) is 5.82 Å². The average molecular weight is 326 g/mol. The van der Waals surface area contributed by atoms with Gasteiger partial charge in [0.1, 0.15) is 0 Å². The van der Waals surface area contributed by atoms with Crippen LogP contribution < -0.4 is 4.90 Å². The van der Waals surface area contributed by atoms with Crippen LogP contribution in [0.5, 0.6) is 0 Å². The number of rotatable bonds is 4. The lowest BCUT2D eigenvalue weighted by Gasteiger charge is -2.34. The van der Waals surface area contributed by atoms with E-state index in [0.717, 1.165) is 32.0 Å². The quantitative estimate of drug-likeness (QED) is 0.691. The molecule has 1 aliphatic heterocycles. The van der Waals surface area contributed by atoms with Gasteiger partial charge in [0.2, 0.25) is 11.8 Å². The van der Waals surface area contributed by atoms with Crippen molar-refractivity contribution in [1.29, 1.82) is 0 Å². The first-order valence-electron chi connectivity index (χ1n) is 7.88. The van der Waals surface area contributed by atoms with Crippen LogP contribution >= 0.6 is 0 Å². The summed E-state index contributed by atoms with van der Waals surface area (Å²) in [6.07, 6.45) is 3.57. The summed E-state index contributed by atoms with van der Waals surface area (Å²) in [4.78, 5) is 4.53. The molecule has 24 heavy (non-hydrogen) atoms. The van der Waals surface area contributed by atoms with E-state index in [9.17, 15) is 0 Å². The molecule has 1 saturated heterocycles. The van der Waals surface area contributed by atoms with Gasteiger partial charge in [-0.25, -0.2) is 4.68 Å². The summed E-state index contributed by atoms with van der Waals surface area (Å²) in [5, 5.41) is 20.6. The number of aromatic nitrogens is 6. The summed E-state index contributed by atoms with van der Waals surface area (Å²) >= 11 is 0. The Balaban J connectivity index is 1.35.